The van der Waals surface area contributed by atoms with Gasteiger partial charge in [0.2, 0.25) is 0 Å². The summed E-state index contributed by atoms with van der Waals surface area (Å²) in [7, 11) is 0. The fourth-order valence-electron chi connectivity index (χ4n) is 1.11. The van der Waals surface area contributed by atoms with Gasteiger partial charge in [0.25, 0.3) is 0 Å². The molecule has 0 bridgehead atoms. The van der Waals surface area contributed by atoms with Crippen LogP contribution in [-0.4, -0.2) is 41.3 Å². The Bertz CT molecular complexity index is 214. The van der Waals surface area contributed by atoms with E-state index < -0.39 is 6.10 Å². The highest BCUT2D eigenvalue weighted by atomic mass is 16.5. The Hall–Kier alpha value is -0.940. The fraction of sp³-hybridized carbons (Fsp3) is 0.818. The molecule has 2 N–H and O–H groups in total. The van der Waals surface area contributed by atoms with Crippen LogP contribution in [-0.2, 0) is 14.3 Å². The number of aliphatic hydroxyl groups is 2. The van der Waals surface area contributed by atoms with Crippen molar-refractivity contribution in [3.8, 4) is 0 Å². The van der Waals surface area contributed by atoms with E-state index in [9.17, 15) is 9.59 Å². The summed E-state index contributed by atoms with van der Waals surface area (Å²) in [5, 5.41) is 17.6. The summed E-state index contributed by atoms with van der Waals surface area (Å²) in [4.78, 5) is 21.6. The molecular weight excluding hydrogens is 212 g/mol. The van der Waals surface area contributed by atoms with Gasteiger partial charge in [0, 0.05) is 6.42 Å². The van der Waals surface area contributed by atoms with E-state index in [0.717, 1.165) is 0 Å². The number of esters is 1. The molecule has 0 aliphatic rings. The van der Waals surface area contributed by atoms with Gasteiger partial charge < -0.3 is 19.7 Å². The van der Waals surface area contributed by atoms with Crippen LogP contribution in [0.15, 0.2) is 0 Å². The summed E-state index contributed by atoms with van der Waals surface area (Å²) in [6.45, 7) is 1.50. The molecule has 0 rings (SSSR count). The van der Waals surface area contributed by atoms with E-state index in [1.807, 2.05) is 0 Å². The van der Waals surface area contributed by atoms with Crippen molar-refractivity contribution in [3.05, 3.63) is 0 Å². The molecule has 0 amide bonds. The standard InChI is InChI=1S/C11H20O5/c1-9(13)5-6-11(15)16-7-3-2-4-10(14)8-12/h10,12,14H,2-8H2,1H3. The Labute approximate surface area is 95.4 Å². The molecule has 16 heavy (non-hydrogen) atoms. The Balaban J connectivity index is 3.31. The number of hydrogen-bond acceptors (Lipinski definition) is 5. The van der Waals surface area contributed by atoms with Crippen LogP contribution in [0.2, 0.25) is 0 Å². The molecule has 0 fully saturated rings. The van der Waals surface area contributed by atoms with Gasteiger partial charge in [-0.25, -0.2) is 0 Å². The maximum atomic E-state index is 11.0. The number of ketones is 1. The molecule has 1 unspecified atom stereocenters. The van der Waals surface area contributed by atoms with Gasteiger partial charge in [0.1, 0.15) is 5.78 Å². The van der Waals surface area contributed by atoms with Crippen LogP contribution in [0.25, 0.3) is 0 Å². The molecule has 5 nitrogen and oxygen atoms in total. The number of Topliss-reactive ketones (excluding diaryl/α,β-unsaturated/α-hetero) is 1. The molecule has 5 heteroatoms. The first-order valence-corrected chi connectivity index (χ1v) is 5.50. The summed E-state index contributed by atoms with van der Waals surface area (Å²) < 4.78 is 4.87. The topological polar surface area (TPSA) is 83.8 Å². The number of rotatable bonds is 9. The summed E-state index contributed by atoms with van der Waals surface area (Å²) in [5.41, 5.74) is 0. The van der Waals surface area contributed by atoms with Gasteiger partial charge >= 0.3 is 5.97 Å². The van der Waals surface area contributed by atoms with Crippen LogP contribution in [0.4, 0.5) is 0 Å². The molecule has 0 saturated carbocycles. The lowest BCUT2D eigenvalue weighted by Crippen LogP contribution is -2.12. The van der Waals surface area contributed by atoms with Crippen molar-refractivity contribution in [1.82, 2.24) is 0 Å². The lowest BCUT2D eigenvalue weighted by atomic mass is 10.2. The fourth-order valence-corrected chi connectivity index (χ4v) is 1.11. The molecule has 94 valence electrons. The zero-order valence-electron chi connectivity index (χ0n) is 9.65. The second-order valence-corrected chi connectivity index (χ2v) is 3.75. The highest BCUT2D eigenvalue weighted by Crippen LogP contribution is 2.02. The third kappa shape index (κ3) is 9.61. The van der Waals surface area contributed by atoms with Crippen molar-refractivity contribution >= 4 is 11.8 Å². The van der Waals surface area contributed by atoms with Crippen molar-refractivity contribution in [2.45, 2.75) is 45.1 Å². The van der Waals surface area contributed by atoms with Crippen molar-refractivity contribution < 1.29 is 24.5 Å². The zero-order valence-corrected chi connectivity index (χ0v) is 9.65. The lowest BCUT2D eigenvalue weighted by Gasteiger charge is -2.07. The van der Waals surface area contributed by atoms with E-state index in [2.05, 4.69) is 0 Å². The molecule has 0 spiro atoms. The molecule has 0 aromatic carbocycles. The molecule has 0 radical (unpaired) electrons. The number of carbonyl (C=O) groups excluding carboxylic acids is 2. The van der Waals surface area contributed by atoms with Crippen molar-refractivity contribution in [3.63, 3.8) is 0 Å². The van der Waals surface area contributed by atoms with Gasteiger partial charge in [0.05, 0.1) is 25.7 Å². The SMILES string of the molecule is CC(=O)CCC(=O)OCCCCC(O)CO. The molecule has 0 aromatic rings. The van der Waals surface area contributed by atoms with Gasteiger partial charge in [-0.2, -0.15) is 0 Å². The van der Waals surface area contributed by atoms with Crippen LogP contribution in [0.3, 0.4) is 0 Å². The molecule has 0 aliphatic carbocycles. The average molecular weight is 232 g/mol. The van der Waals surface area contributed by atoms with Crippen molar-refractivity contribution in [2.24, 2.45) is 0 Å². The Morgan fingerprint density at radius 3 is 2.50 bits per heavy atom. The van der Waals surface area contributed by atoms with Crippen LogP contribution in [0.5, 0.6) is 0 Å². The third-order valence-electron chi connectivity index (χ3n) is 2.09. The second-order valence-electron chi connectivity index (χ2n) is 3.75. The van der Waals surface area contributed by atoms with Gasteiger partial charge in [-0.1, -0.05) is 0 Å². The number of hydrogen-bond donors (Lipinski definition) is 2. The van der Waals surface area contributed by atoms with E-state index >= 15 is 0 Å². The third-order valence-corrected chi connectivity index (χ3v) is 2.09. The van der Waals surface area contributed by atoms with E-state index in [4.69, 9.17) is 14.9 Å². The minimum atomic E-state index is -0.687. The largest absolute Gasteiger partial charge is 0.466 e. The predicted molar refractivity (Wildman–Crippen MR) is 57.8 cm³/mol. The van der Waals surface area contributed by atoms with E-state index in [1.165, 1.54) is 6.92 Å². The van der Waals surface area contributed by atoms with E-state index in [0.29, 0.717) is 25.9 Å². The minimum absolute atomic E-state index is 0.0250. The molecule has 0 heterocycles. The second kappa shape index (κ2) is 9.30. The molecule has 0 saturated heterocycles. The molecule has 0 aliphatic heterocycles. The summed E-state index contributed by atoms with van der Waals surface area (Å²) in [6.07, 6.45) is 1.52. The normalized spacial score (nSPS) is 12.2. The minimum Gasteiger partial charge on any atom is -0.466 e. The predicted octanol–water partition coefficient (Wildman–Crippen LogP) is 0.422. The average Bonchev–Trinajstić information content (AvgIpc) is 2.25. The van der Waals surface area contributed by atoms with Gasteiger partial charge in [-0.15, -0.1) is 0 Å². The van der Waals surface area contributed by atoms with Gasteiger partial charge in [-0.3, -0.25) is 4.79 Å². The Kier molecular flexibility index (Phi) is 8.75. The number of aliphatic hydroxyl groups excluding tert-OH is 2. The van der Waals surface area contributed by atoms with E-state index in [-0.39, 0.29) is 31.2 Å². The first-order valence-electron chi connectivity index (χ1n) is 5.50. The quantitative estimate of drug-likeness (QED) is 0.444. The summed E-state index contributed by atoms with van der Waals surface area (Å²) >= 11 is 0. The summed E-state index contributed by atoms with van der Waals surface area (Å²) in [6, 6.07) is 0. The van der Waals surface area contributed by atoms with Crippen LogP contribution < -0.4 is 0 Å². The Morgan fingerprint density at radius 1 is 1.25 bits per heavy atom. The zero-order chi connectivity index (χ0) is 12.4. The maximum absolute atomic E-state index is 11.0. The van der Waals surface area contributed by atoms with E-state index in [1.54, 1.807) is 0 Å². The first kappa shape index (κ1) is 15.1. The van der Waals surface area contributed by atoms with Crippen LogP contribution in [0.1, 0.15) is 39.0 Å². The Morgan fingerprint density at radius 2 is 1.94 bits per heavy atom. The highest BCUT2D eigenvalue weighted by molar-refractivity contribution is 5.80. The number of unbranched alkanes of at least 4 members (excludes halogenated alkanes) is 1. The lowest BCUT2D eigenvalue weighted by molar-refractivity contribution is -0.144. The van der Waals surface area contributed by atoms with Crippen molar-refractivity contribution in [2.75, 3.05) is 13.2 Å². The monoisotopic (exact) mass is 232 g/mol. The number of carbonyl (C=O) groups is 2. The smallest absolute Gasteiger partial charge is 0.306 e. The van der Waals surface area contributed by atoms with Gasteiger partial charge in [0.15, 0.2) is 0 Å². The highest BCUT2D eigenvalue weighted by Gasteiger charge is 2.05. The maximum Gasteiger partial charge on any atom is 0.306 e. The molecule has 0 aromatic heterocycles. The summed E-state index contributed by atoms with van der Waals surface area (Å²) in [5.74, 6) is -0.388. The first-order chi connectivity index (χ1) is 7.56. The van der Waals surface area contributed by atoms with Crippen LogP contribution in [0, 0.1) is 0 Å². The van der Waals surface area contributed by atoms with Gasteiger partial charge in [-0.05, 0) is 26.2 Å². The van der Waals surface area contributed by atoms with Crippen molar-refractivity contribution in [1.29, 1.82) is 0 Å². The van der Waals surface area contributed by atoms with Crippen LogP contribution >= 0.6 is 0 Å². The molecule has 1 atom stereocenters. The number of ether oxygens (including phenoxy) is 1. The molecular formula is C11H20O5.